The minimum atomic E-state index is -2.17. The third-order valence-electron chi connectivity index (χ3n) is 12.7. The Morgan fingerprint density at radius 1 is 0.364 bits per heavy atom. The minimum absolute atomic E-state index is 0.668. The van der Waals surface area contributed by atoms with Gasteiger partial charge in [0.15, 0.2) is 11.2 Å². The number of hydrogen-bond acceptors (Lipinski definition) is 4. The molecule has 2 fully saturated rings. The van der Waals surface area contributed by atoms with E-state index in [1.807, 2.05) is 48.5 Å². The predicted octanol–water partition coefficient (Wildman–Crippen LogP) is 12.9. The topological polar surface area (TPSA) is 52.1 Å². The van der Waals surface area contributed by atoms with E-state index in [0.29, 0.717) is 11.8 Å². The standard InChI is InChI=1S/C50H46N2O2Si/c1-3-11-41(12-4-1)55(42-13-5-2-6-14-42,43-31-27-37(28-32-43)35-19-23-39(24-20-35)49-51-45-15-7-9-17-47(45)53-49)44-33-29-38(30-34-44)36-21-25-40(26-22-36)50-52-46-16-8-10-18-48(46)54-50/h7-10,15-34,41-42H,1-6,11-14H2. The van der Waals surface area contributed by atoms with Crippen LogP contribution in [0.5, 0.6) is 0 Å². The second-order valence-corrected chi connectivity index (χ2v) is 20.3. The van der Waals surface area contributed by atoms with Crippen LogP contribution in [0.15, 0.2) is 154 Å². The van der Waals surface area contributed by atoms with Crippen molar-refractivity contribution in [1.82, 2.24) is 9.97 Å². The molecule has 0 N–H and O–H groups in total. The zero-order valence-electron chi connectivity index (χ0n) is 31.3. The third-order valence-corrected chi connectivity index (χ3v) is 19.0. The third kappa shape index (κ3) is 6.34. The van der Waals surface area contributed by atoms with Gasteiger partial charge in [-0.25, -0.2) is 9.97 Å². The van der Waals surface area contributed by atoms with Crippen molar-refractivity contribution in [3.8, 4) is 45.2 Å². The SMILES string of the molecule is c1ccc2oc(-c3ccc(-c4ccc([Si](c5ccc(-c6ccc(-c7nc8ccccc8o7)cc6)cc5)(C5CCCCC5)C5CCCCC5)cc4)cc3)nc2c1. The average Bonchev–Trinajstić information content (AvgIpc) is 3.91. The summed E-state index contributed by atoms with van der Waals surface area (Å²) in [5, 5.41) is 3.27. The van der Waals surface area contributed by atoms with Gasteiger partial charge in [0.25, 0.3) is 0 Å². The smallest absolute Gasteiger partial charge is 0.227 e. The van der Waals surface area contributed by atoms with Crippen LogP contribution < -0.4 is 10.4 Å². The molecule has 0 unspecified atom stereocenters. The summed E-state index contributed by atoms with van der Waals surface area (Å²) in [6, 6.07) is 53.1. The lowest BCUT2D eigenvalue weighted by Crippen LogP contribution is -2.65. The maximum Gasteiger partial charge on any atom is 0.227 e. The van der Waals surface area contributed by atoms with Gasteiger partial charge in [0.1, 0.15) is 19.1 Å². The van der Waals surface area contributed by atoms with Gasteiger partial charge >= 0.3 is 0 Å². The molecule has 4 nitrogen and oxygen atoms in total. The Morgan fingerprint density at radius 2 is 0.691 bits per heavy atom. The monoisotopic (exact) mass is 734 g/mol. The largest absolute Gasteiger partial charge is 0.436 e. The summed E-state index contributed by atoms with van der Waals surface area (Å²) in [5.41, 5.74) is 11.9. The van der Waals surface area contributed by atoms with E-state index in [1.165, 1.54) is 86.5 Å². The maximum absolute atomic E-state index is 6.06. The second kappa shape index (κ2) is 14.6. The van der Waals surface area contributed by atoms with Gasteiger partial charge in [-0.05, 0) is 81.9 Å². The highest BCUT2D eigenvalue weighted by Crippen LogP contribution is 2.48. The summed E-state index contributed by atoms with van der Waals surface area (Å²) in [6.07, 6.45) is 13.7. The Morgan fingerprint density at radius 3 is 1.05 bits per heavy atom. The highest BCUT2D eigenvalue weighted by atomic mass is 28.3. The van der Waals surface area contributed by atoms with Crippen LogP contribution in [0.4, 0.5) is 0 Å². The van der Waals surface area contributed by atoms with E-state index < -0.39 is 8.07 Å². The van der Waals surface area contributed by atoms with Crippen LogP contribution in [0.3, 0.4) is 0 Å². The average molecular weight is 735 g/mol. The van der Waals surface area contributed by atoms with Crippen LogP contribution in [0.2, 0.25) is 11.1 Å². The van der Waals surface area contributed by atoms with Crippen molar-refractivity contribution in [3.05, 3.63) is 146 Å². The van der Waals surface area contributed by atoms with Gasteiger partial charge in [-0.2, -0.15) is 0 Å². The molecule has 0 saturated heterocycles. The van der Waals surface area contributed by atoms with E-state index in [1.54, 1.807) is 10.4 Å². The van der Waals surface area contributed by atoms with Gasteiger partial charge in [-0.3, -0.25) is 0 Å². The number of fused-ring (bicyclic) bond motifs is 2. The Balaban J connectivity index is 0.983. The summed E-state index contributed by atoms with van der Waals surface area (Å²) in [7, 11) is -2.17. The fourth-order valence-electron chi connectivity index (χ4n) is 10.0. The lowest BCUT2D eigenvalue weighted by Gasteiger charge is -2.48. The zero-order chi connectivity index (χ0) is 36.6. The van der Waals surface area contributed by atoms with Crippen LogP contribution in [-0.2, 0) is 0 Å². The molecule has 2 saturated carbocycles. The first kappa shape index (κ1) is 34.0. The normalized spacial score (nSPS) is 15.9. The lowest BCUT2D eigenvalue weighted by atomic mass is 9.99. The molecular weight excluding hydrogens is 689 g/mol. The highest BCUT2D eigenvalue weighted by Gasteiger charge is 2.50. The summed E-state index contributed by atoms with van der Waals surface area (Å²) in [5.74, 6) is 1.34. The number of rotatable bonds is 8. The van der Waals surface area contributed by atoms with E-state index >= 15 is 0 Å². The molecule has 10 rings (SSSR count). The van der Waals surface area contributed by atoms with Crippen molar-refractivity contribution in [1.29, 1.82) is 0 Å². The molecule has 0 bridgehead atoms. The fourth-order valence-corrected chi connectivity index (χ4v) is 17.0. The van der Waals surface area contributed by atoms with E-state index in [2.05, 4.69) is 97.1 Å². The second-order valence-electron chi connectivity index (χ2n) is 15.8. The van der Waals surface area contributed by atoms with Gasteiger partial charge < -0.3 is 8.83 Å². The first-order chi connectivity index (χ1) is 27.2. The van der Waals surface area contributed by atoms with Crippen molar-refractivity contribution in [3.63, 3.8) is 0 Å². The Labute approximate surface area is 324 Å². The van der Waals surface area contributed by atoms with Crippen LogP contribution in [0.1, 0.15) is 64.2 Å². The van der Waals surface area contributed by atoms with Crippen LogP contribution >= 0.6 is 0 Å². The molecule has 0 atom stereocenters. The number of aromatic nitrogens is 2. The van der Waals surface area contributed by atoms with Gasteiger partial charge in [0.05, 0.1) is 0 Å². The van der Waals surface area contributed by atoms with Crippen LogP contribution in [0, 0.1) is 0 Å². The number of nitrogens with zero attached hydrogens (tertiary/aromatic N) is 2. The minimum Gasteiger partial charge on any atom is -0.436 e. The van der Waals surface area contributed by atoms with E-state index in [0.717, 1.165) is 44.4 Å². The van der Waals surface area contributed by atoms with Crippen LogP contribution in [0.25, 0.3) is 67.4 Å². The first-order valence-corrected chi connectivity index (χ1v) is 22.5. The molecule has 2 aliphatic carbocycles. The van der Waals surface area contributed by atoms with Crippen molar-refractivity contribution < 1.29 is 8.83 Å². The molecule has 5 heteroatoms. The molecule has 0 aliphatic heterocycles. The molecule has 2 aromatic heterocycles. The predicted molar refractivity (Wildman–Crippen MR) is 228 cm³/mol. The Hall–Kier alpha value is -5.52. The number of benzene rings is 6. The van der Waals surface area contributed by atoms with E-state index in [-0.39, 0.29) is 0 Å². The lowest BCUT2D eigenvalue weighted by molar-refractivity contribution is 0.459. The molecule has 0 radical (unpaired) electrons. The molecule has 0 spiro atoms. The summed E-state index contributed by atoms with van der Waals surface area (Å²) in [6.45, 7) is 0. The molecule has 0 amide bonds. The van der Waals surface area contributed by atoms with E-state index in [9.17, 15) is 0 Å². The molecule has 8 aromatic rings. The molecule has 272 valence electrons. The molecule has 2 aliphatic rings. The zero-order valence-corrected chi connectivity index (χ0v) is 32.3. The number of oxazole rings is 2. The molecular formula is C50H46N2O2Si. The van der Waals surface area contributed by atoms with Crippen molar-refractivity contribution in [2.45, 2.75) is 75.3 Å². The maximum atomic E-state index is 6.06. The van der Waals surface area contributed by atoms with Gasteiger partial charge in [0.2, 0.25) is 11.8 Å². The van der Waals surface area contributed by atoms with Crippen LogP contribution in [-0.4, -0.2) is 18.0 Å². The van der Waals surface area contributed by atoms with Gasteiger partial charge in [-0.1, -0.05) is 172 Å². The summed E-state index contributed by atoms with van der Waals surface area (Å²) >= 11 is 0. The van der Waals surface area contributed by atoms with Gasteiger partial charge in [-0.15, -0.1) is 0 Å². The first-order valence-electron chi connectivity index (χ1n) is 20.4. The molecule has 6 aromatic carbocycles. The number of para-hydroxylation sites is 4. The molecule has 55 heavy (non-hydrogen) atoms. The van der Waals surface area contributed by atoms with Crippen molar-refractivity contribution in [2.75, 3.05) is 0 Å². The van der Waals surface area contributed by atoms with Gasteiger partial charge in [0, 0.05) is 11.1 Å². The molecule has 2 heterocycles. The Kier molecular flexibility index (Phi) is 9.03. The summed E-state index contributed by atoms with van der Waals surface area (Å²) in [4.78, 5) is 9.44. The van der Waals surface area contributed by atoms with E-state index in [4.69, 9.17) is 18.8 Å². The quantitative estimate of drug-likeness (QED) is 0.146. The highest BCUT2D eigenvalue weighted by molar-refractivity contribution is 7.04. The number of hydrogen-bond donors (Lipinski definition) is 0. The van der Waals surface area contributed by atoms with Crippen molar-refractivity contribution >= 4 is 40.6 Å². The van der Waals surface area contributed by atoms with Crippen molar-refractivity contribution in [2.24, 2.45) is 0 Å². The Bertz CT molecular complexity index is 2290. The summed E-state index contributed by atoms with van der Waals surface area (Å²) < 4.78 is 12.1. The fraction of sp³-hybridized carbons (Fsp3) is 0.240.